The van der Waals surface area contributed by atoms with Gasteiger partial charge in [0, 0.05) is 23.7 Å². The molecule has 0 spiro atoms. The van der Waals surface area contributed by atoms with Crippen LogP contribution in [0.5, 0.6) is 0 Å². The van der Waals surface area contributed by atoms with Gasteiger partial charge in [-0.15, -0.1) is 0 Å². The fraction of sp³-hybridized carbons (Fsp3) is 0.562. The SMILES string of the molecule is CC(C)CC1CCN(C(=O)c2ccc(Cl)cc2)CC1. The lowest BCUT2D eigenvalue weighted by molar-refractivity contribution is 0.0681. The van der Waals surface area contributed by atoms with Gasteiger partial charge < -0.3 is 4.90 Å². The van der Waals surface area contributed by atoms with Crippen LogP contribution in [0.2, 0.25) is 5.02 Å². The molecule has 1 heterocycles. The highest BCUT2D eigenvalue weighted by Gasteiger charge is 2.23. The van der Waals surface area contributed by atoms with Gasteiger partial charge in [0.05, 0.1) is 0 Å². The summed E-state index contributed by atoms with van der Waals surface area (Å²) in [4.78, 5) is 14.3. The van der Waals surface area contributed by atoms with E-state index in [9.17, 15) is 4.79 Å². The van der Waals surface area contributed by atoms with E-state index in [1.807, 2.05) is 17.0 Å². The number of piperidine rings is 1. The first-order valence-electron chi connectivity index (χ1n) is 7.11. The number of hydrogen-bond acceptors (Lipinski definition) is 1. The standard InChI is InChI=1S/C16H22ClNO/c1-12(2)11-13-7-9-18(10-8-13)16(19)14-3-5-15(17)6-4-14/h3-6,12-13H,7-11H2,1-2H3. The number of carbonyl (C=O) groups excluding carboxylic acids is 1. The monoisotopic (exact) mass is 279 g/mol. The molecule has 0 bridgehead atoms. The number of likely N-dealkylation sites (tertiary alicyclic amines) is 1. The largest absolute Gasteiger partial charge is 0.339 e. The Bertz CT molecular complexity index is 419. The van der Waals surface area contributed by atoms with Gasteiger partial charge in [-0.25, -0.2) is 0 Å². The average Bonchev–Trinajstić information content (AvgIpc) is 2.39. The van der Waals surface area contributed by atoms with Crippen molar-refractivity contribution in [1.29, 1.82) is 0 Å². The lowest BCUT2D eigenvalue weighted by atomic mass is 9.88. The molecule has 1 aliphatic rings. The smallest absolute Gasteiger partial charge is 0.253 e. The van der Waals surface area contributed by atoms with Gasteiger partial charge in [0.25, 0.3) is 5.91 Å². The van der Waals surface area contributed by atoms with E-state index in [0.717, 1.165) is 43.3 Å². The molecule has 3 heteroatoms. The normalized spacial score (nSPS) is 16.9. The van der Waals surface area contributed by atoms with Crippen molar-refractivity contribution < 1.29 is 4.79 Å². The number of rotatable bonds is 3. The molecule has 1 saturated heterocycles. The van der Waals surface area contributed by atoms with E-state index in [4.69, 9.17) is 11.6 Å². The Kier molecular flexibility index (Phi) is 4.87. The summed E-state index contributed by atoms with van der Waals surface area (Å²) in [5.74, 6) is 1.68. The fourth-order valence-electron chi connectivity index (χ4n) is 2.81. The fourth-order valence-corrected chi connectivity index (χ4v) is 2.94. The molecule has 1 aromatic carbocycles. The second kappa shape index (κ2) is 6.42. The van der Waals surface area contributed by atoms with Gasteiger partial charge in [-0.1, -0.05) is 25.4 Å². The Labute approximate surface area is 120 Å². The molecule has 1 fully saturated rings. The maximum Gasteiger partial charge on any atom is 0.253 e. The molecule has 0 aliphatic carbocycles. The number of amides is 1. The maximum absolute atomic E-state index is 12.3. The average molecular weight is 280 g/mol. The van der Waals surface area contributed by atoms with E-state index in [-0.39, 0.29) is 5.91 Å². The number of carbonyl (C=O) groups is 1. The Morgan fingerprint density at radius 1 is 1.26 bits per heavy atom. The second-order valence-electron chi connectivity index (χ2n) is 5.87. The molecule has 1 amide bonds. The van der Waals surface area contributed by atoms with Crippen LogP contribution >= 0.6 is 11.6 Å². The molecule has 0 N–H and O–H groups in total. The number of halogens is 1. The van der Waals surface area contributed by atoms with Crippen LogP contribution in [0.25, 0.3) is 0 Å². The van der Waals surface area contributed by atoms with Crippen molar-refractivity contribution in [3.8, 4) is 0 Å². The van der Waals surface area contributed by atoms with Crippen molar-refractivity contribution in [2.45, 2.75) is 33.1 Å². The van der Waals surface area contributed by atoms with Crippen LogP contribution in [0.3, 0.4) is 0 Å². The summed E-state index contributed by atoms with van der Waals surface area (Å²) in [6.45, 7) is 6.31. The zero-order valence-corrected chi connectivity index (χ0v) is 12.5. The first-order chi connectivity index (χ1) is 9.06. The van der Waals surface area contributed by atoms with Gasteiger partial charge >= 0.3 is 0 Å². The van der Waals surface area contributed by atoms with Gasteiger partial charge in [-0.3, -0.25) is 4.79 Å². The topological polar surface area (TPSA) is 20.3 Å². The van der Waals surface area contributed by atoms with Gasteiger partial charge in [0.1, 0.15) is 0 Å². The third kappa shape index (κ3) is 3.97. The van der Waals surface area contributed by atoms with Crippen molar-refractivity contribution in [2.75, 3.05) is 13.1 Å². The lowest BCUT2D eigenvalue weighted by Gasteiger charge is -2.32. The zero-order chi connectivity index (χ0) is 13.8. The van der Waals surface area contributed by atoms with Crippen molar-refractivity contribution in [3.63, 3.8) is 0 Å². The Morgan fingerprint density at radius 3 is 2.37 bits per heavy atom. The van der Waals surface area contributed by atoms with Crippen molar-refractivity contribution in [1.82, 2.24) is 4.90 Å². The third-order valence-electron chi connectivity index (χ3n) is 3.80. The molecule has 0 unspecified atom stereocenters. The van der Waals surface area contributed by atoms with E-state index in [1.165, 1.54) is 6.42 Å². The van der Waals surface area contributed by atoms with E-state index >= 15 is 0 Å². The van der Waals surface area contributed by atoms with Crippen LogP contribution in [0, 0.1) is 11.8 Å². The molecular formula is C16H22ClNO. The lowest BCUT2D eigenvalue weighted by Crippen LogP contribution is -2.38. The molecule has 0 aromatic heterocycles. The van der Waals surface area contributed by atoms with E-state index in [2.05, 4.69) is 13.8 Å². The van der Waals surface area contributed by atoms with Crippen molar-refractivity contribution in [3.05, 3.63) is 34.9 Å². The van der Waals surface area contributed by atoms with Crippen LogP contribution in [0.15, 0.2) is 24.3 Å². The first-order valence-corrected chi connectivity index (χ1v) is 7.49. The molecular weight excluding hydrogens is 258 g/mol. The van der Waals surface area contributed by atoms with Crippen LogP contribution in [0.1, 0.15) is 43.5 Å². The summed E-state index contributed by atoms with van der Waals surface area (Å²) in [6, 6.07) is 7.18. The minimum absolute atomic E-state index is 0.139. The molecule has 1 aromatic rings. The van der Waals surface area contributed by atoms with Crippen LogP contribution in [-0.2, 0) is 0 Å². The van der Waals surface area contributed by atoms with Crippen molar-refractivity contribution >= 4 is 17.5 Å². The molecule has 1 aliphatic heterocycles. The summed E-state index contributed by atoms with van der Waals surface area (Å²) in [5, 5.41) is 0.673. The highest BCUT2D eigenvalue weighted by molar-refractivity contribution is 6.30. The number of hydrogen-bond donors (Lipinski definition) is 0. The Morgan fingerprint density at radius 2 is 1.84 bits per heavy atom. The summed E-state index contributed by atoms with van der Waals surface area (Å²) >= 11 is 5.84. The molecule has 0 radical (unpaired) electrons. The van der Waals surface area contributed by atoms with E-state index in [0.29, 0.717) is 5.02 Å². The minimum atomic E-state index is 0.139. The van der Waals surface area contributed by atoms with Crippen LogP contribution in [0.4, 0.5) is 0 Å². The Balaban J connectivity index is 1.90. The molecule has 0 saturated carbocycles. The molecule has 19 heavy (non-hydrogen) atoms. The summed E-state index contributed by atoms with van der Waals surface area (Å²) in [5.41, 5.74) is 0.742. The molecule has 104 valence electrons. The number of benzene rings is 1. The van der Waals surface area contributed by atoms with Gasteiger partial charge in [0.2, 0.25) is 0 Å². The minimum Gasteiger partial charge on any atom is -0.339 e. The summed E-state index contributed by atoms with van der Waals surface area (Å²) in [7, 11) is 0. The highest BCUT2D eigenvalue weighted by Crippen LogP contribution is 2.25. The molecule has 2 rings (SSSR count). The van der Waals surface area contributed by atoms with Crippen LogP contribution in [-0.4, -0.2) is 23.9 Å². The maximum atomic E-state index is 12.3. The van der Waals surface area contributed by atoms with E-state index in [1.54, 1.807) is 12.1 Å². The molecule has 2 nitrogen and oxygen atoms in total. The summed E-state index contributed by atoms with van der Waals surface area (Å²) < 4.78 is 0. The van der Waals surface area contributed by atoms with Gasteiger partial charge in [0.15, 0.2) is 0 Å². The first kappa shape index (κ1) is 14.4. The quantitative estimate of drug-likeness (QED) is 0.810. The Hall–Kier alpha value is -1.02. The van der Waals surface area contributed by atoms with Crippen LogP contribution < -0.4 is 0 Å². The summed E-state index contributed by atoms with van der Waals surface area (Å²) in [6.07, 6.45) is 3.55. The zero-order valence-electron chi connectivity index (χ0n) is 11.7. The number of nitrogens with zero attached hydrogens (tertiary/aromatic N) is 1. The molecule has 0 atom stereocenters. The van der Waals surface area contributed by atoms with Crippen molar-refractivity contribution in [2.24, 2.45) is 11.8 Å². The second-order valence-corrected chi connectivity index (χ2v) is 6.31. The van der Waals surface area contributed by atoms with Gasteiger partial charge in [-0.05, 0) is 55.4 Å². The predicted molar refractivity (Wildman–Crippen MR) is 79.5 cm³/mol. The predicted octanol–water partition coefficient (Wildman–Crippen LogP) is 4.24. The van der Waals surface area contributed by atoms with Gasteiger partial charge in [-0.2, -0.15) is 0 Å². The third-order valence-corrected chi connectivity index (χ3v) is 4.05. The highest BCUT2D eigenvalue weighted by atomic mass is 35.5. The van der Waals surface area contributed by atoms with E-state index < -0.39 is 0 Å².